The standard InChI is InChI=1S/C10H19N/c1-3-9-6-8-4-5-10(9)11(2)7-8/h8-10H,3-7H2,1-2H3/t8-,9-,10+/m0/s1. The van der Waals surface area contributed by atoms with Crippen LogP contribution in [0.15, 0.2) is 0 Å². The summed E-state index contributed by atoms with van der Waals surface area (Å²) in [4.78, 5) is 2.59. The van der Waals surface area contributed by atoms with E-state index in [0.29, 0.717) is 0 Å². The van der Waals surface area contributed by atoms with Crippen LogP contribution in [0.4, 0.5) is 0 Å². The molecule has 2 heterocycles. The molecule has 1 nitrogen and oxygen atoms in total. The van der Waals surface area contributed by atoms with Crippen LogP contribution >= 0.6 is 0 Å². The first-order chi connectivity index (χ1) is 5.31. The molecular formula is C10H19N. The third kappa shape index (κ3) is 1.20. The van der Waals surface area contributed by atoms with Gasteiger partial charge in [0.25, 0.3) is 0 Å². The van der Waals surface area contributed by atoms with Gasteiger partial charge in [-0.25, -0.2) is 0 Å². The van der Waals surface area contributed by atoms with Gasteiger partial charge < -0.3 is 4.90 Å². The Morgan fingerprint density at radius 2 is 2.18 bits per heavy atom. The second kappa shape index (κ2) is 2.78. The van der Waals surface area contributed by atoms with Crippen molar-refractivity contribution in [2.24, 2.45) is 11.8 Å². The Kier molecular flexibility index (Phi) is 1.92. The van der Waals surface area contributed by atoms with Gasteiger partial charge in [-0.3, -0.25) is 0 Å². The molecule has 2 aliphatic heterocycles. The second-order valence-corrected chi connectivity index (χ2v) is 4.35. The van der Waals surface area contributed by atoms with Crippen molar-refractivity contribution < 1.29 is 0 Å². The van der Waals surface area contributed by atoms with Gasteiger partial charge in [-0.1, -0.05) is 13.3 Å². The quantitative estimate of drug-likeness (QED) is 0.558. The molecule has 0 aromatic rings. The monoisotopic (exact) mass is 153 g/mol. The maximum absolute atomic E-state index is 2.59. The predicted molar refractivity (Wildman–Crippen MR) is 47.5 cm³/mol. The molecular weight excluding hydrogens is 134 g/mol. The molecule has 0 amide bonds. The number of rotatable bonds is 1. The summed E-state index contributed by atoms with van der Waals surface area (Å²) < 4.78 is 0. The highest BCUT2D eigenvalue weighted by molar-refractivity contribution is 4.91. The van der Waals surface area contributed by atoms with Crippen LogP contribution in [-0.4, -0.2) is 24.5 Å². The number of piperidine rings is 2. The van der Waals surface area contributed by atoms with Gasteiger partial charge in [-0.15, -0.1) is 0 Å². The van der Waals surface area contributed by atoms with Crippen LogP contribution in [0, 0.1) is 11.8 Å². The Labute approximate surface area is 69.8 Å². The fraction of sp³-hybridized carbons (Fsp3) is 1.00. The van der Waals surface area contributed by atoms with E-state index < -0.39 is 0 Å². The molecule has 0 aromatic carbocycles. The lowest BCUT2D eigenvalue weighted by Gasteiger charge is -2.48. The fourth-order valence-corrected chi connectivity index (χ4v) is 3.07. The van der Waals surface area contributed by atoms with E-state index in [-0.39, 0.29) is 0 Å². The normalized spacial score (nSPS) is 44.7. The number of nitrogens with zero attached hydrogens (tertiary/aromatic N) is 1. The lowest BCUT2D eigenvalue weighted by molar-refractivity contribution is 0.0186. The molecule has 3 rings (SSSR count). The molecule has 0 radical (unpaired) electrons. The van der Waals surface area contributed by atoms with Crippen molar-refractivity contribution in [2.45, 2.75) is 38.6 Å². The van der Waals surface area contributed by atoms with Crippen LogP contribution in [0.1, 0.15) is 32.6 Å². The van der Waals surface area contributed by atoms with E-state index >= 15 is 0 Å². The predicted octanol–water partition coefficient (Wildman–Crippen LogP) is 2.13. The van der Waals surface area contributed by atoms with Gasteiger partial charge in [-0.2, -0.15) is 0 Å². The summed E-state index contributed by atoms with van der Waals surface area (Å²) in [7, 11) is 2.30. The van der Waals surface area contributed by atoms with Crippen molar-refractivity contribution in [3.05, 3.63) is 0 Å². The summed E-state index contributed by atoms with van der Waals surface area (Å²) in [6.07, 6.45) is 5.89. The van der Waals surface area contributed by atoms with Crippen LogP contribution in [-0.2, 0) is 0 Å². The zero-order valence-corrected chi connectivity index (χ0v) is 7.71. The van der Waals surface area contributed by atoms with Gasteiger partial charge in [-0.05, 0) is 38.1 Å². The van der Waals surface area contributed by atoms with Gasteiger partial charge in [0, 0.05) is 12.6 Å². The van der Waals surface area contributed by atoms with E-state index in [1.807, 2.05) is 0 Å². The van der Waals surface area contributed by atoms with Crippen LogP contribution in [0.3, 0.4) is 0 Å². The molecule has 1 saturated carbocycles. The molecule has 64 valence electrons. The molecule has 2 saturated heterocycles. The van der Waals surface area contributed by atoms with Crippen LogP contribution < -0.4 is 0 Å². The van der Waals surface area contributed by atoms with Gasteiger partial charge in [0.15, 0.2) is 0 Å². The third-order valence-electron chi connectivity index (χ3n) is 3.69. The van der Waals surface area contributed by atoms with Crippen molar-refractivity contribution >= 4 is 0 Å². The van der Waals surface area contributed by atoms with E-state index in [4.69, 9.17) is 0 Å². The van der Waals surface area contributed by atoms with Gasteiger partial charge in [0.05, 0.1) is 0 Å². The molecule has 0 spiro atoms. The number of hydrogen-bond donors (Lipinski definition) is 0. The largest absolute Gasteiger partial charge is 0.303 e. The van der Waals surface area contributed by atoms with Crippen LogP contribution in [0.2, 0.25) is 0 Å². The minimum Gasteiger partial charge on any atom is -0.303 e. The average Bonchev–Trinajstić information content (AvgIpc) is 2.04. The first kappa shape index (κ1) is 7.60. The second-order valence-electron chi connectivity index (χ2n) is 4.35. The van der Waals surface area contributed by atoms with E-state index in [1.54, 1.807) is 0 Å². The minimum absolute atomic E-state index is 0.935. The van der Waals surface area contributed by atoms with Gasteiger partial charge in [0.2, 0.25) is 0 Å². The van der Waals surface area contributed by atoms with Crippen molar-refractivity contribution in [3.8, 4) is 0 Å². The highest BCUT2D eigenvalue weighted by Gasteiger charge is 2.37. The molecule has 1 heteroatoms. The Morgan fingerprint density at radius 1 is 1.36 bits per heavy atom. The maximum atomic E-state index is 2.59. The zero-order chi connectivity index (χ0) is 7.84. The molecule has 0 aromatic heterocycles. The first-order valence-electron chi connectivity index (χ1n) is 5.01. The summed E-state index contributed by atoms with van der Waals surface area (Å²) in [5.41, 5.74) is 0. The van der Waals surface area contributed by atoms with Crippen LogP contribution in [0.25, 0.3) is 0 Å². The Morgan fingerprint density at radius 3 is 2.64 bits per heavy atom. The number of fused-ring (bicyclic) bond motifs is 3. The van der Waals surface area contributed by atoms with E-state index in [2.05, 4.69) is 18.9 Å². The highest BCUT2D eigenvalue weighted by Crippen LogP contribution is 2.39. The maximum Gasteiger partial charge on any atom is 0.0121 e. The summed E-state index contributed by atoms with van der Waals surface area (Å²) in [6.45, 7) is 3.72. The minimum atomic E-state index is 0.935. The molecule has 0 N–H and O–H groups in total. The average molecular weight is 153 g/mol. The third-order valence-corrected chi connectivity index (χ3v) is 3.69. The SMILES string of the molecule is CC[C@H]1C[C@@H]2CC[C@H]1N(C)C2. The Balaban J connectivity index is 2.07. The smallest absolute Gasteiger partial charge is 0.0121 e. The molecule has 3 aliphatic rings. The summed E-state index contributed by atoms with van der Waals surface area (Å²) in [6, 6.07) is 0.935. The number of hydrogen-bond acceptors (Lipinski definition) is 1. The van der Waals surface area contributed by atoms with Crippen molar-refractivity contribution in [1.82, 2.24) is 4.90 Å². The van der Waals surface area contributed by atoms with Gasteiger partial charge >= 0.3 is 0 Å². The van der Waals surface area contributed by atoms with Gasteiger partial charge in [0.1, 0.15) is 0 Å². The molecule has 11 heavy (non-hydrogen) atoms. The Hall–Kier alpha value is -0.0400. The van der Waals surface area contributed by atoms with E-state index in [1.165, 1.54) is 32.2 Å². The lowest BCUT2D eigenvalue weighted by atomic mass is 9.72. The summed E-state index contributed by atoms with van der Waals surface area (Å²) in [5, 5.41) is 0. The molecule has 3 fully saturated rings. The van der Waals surface area contributed by atoms with E-state index in [9.17, 15) is 0 Å². The molecule has 0 unspecified atom stereocenters. The molecule has 2 bridgehead atoms. The summed E-state index contributed by atoms with van der Waals surface area (Å²) >= 11 is 0. The molecule has 3 atom stereocenters. The highest BCUT2D eigenvalue weighted by atomic mass is 15.2. The van der Waals surface area contributed by atoms with E-state index in [0.717, 1.165) is 17.9 Å². The fourth-order valence-electron chi connectivity index (χ4n) is 3.07. The zero-order valence-electron chi connectivity index (χ0n) is 7.71. The van der Waals surface area contributed by atoms with Crippen molar-refractivity contribution in [1.29, 1.82) is 0 Å². The first-order valence-corrected chi connectivity index (χ1v) is 5.01. The van der Waals surface area contributed by atoms with Crippen molar-refractivity contribution in [2.75, 3.05) is 13.6 Å². The topological polar surface area (TPSA) is 3.24 Å². The lowest BCUT2D eigenvalue weighted by Crippen LogP contribution is -2.50. The molecule has 1 aliphatic carbocycles. The Bertz CT molecular complexity index is 144. The van der Waals surface area contributed by atoms with Crippen LogP contribution in [0.5, 0.6) is 0 Å². The van der Waals surface area contributed by atoms with Crippen molar-refractivity contribution in [3.63, 3.8) is 0 Å². The summed E-state index contributed by atoms with van der Waals surface area (Å²) in [5.74, 6) is 2.06.